The van der Waals surface area contributed by atoms with E-state index in [2.05, 4.69) is 15.4 Å². The van der Waals surface area contributed by atoms with Crippen molar-refractivity contribution >= 4 is 11.0 Å². The lowest BCUT2D eigenvalue weighted by Crippen LogP contribution is -2.33. The van der Waals surface area contributed by atoms with Crippen molar-refractivity contribution in [2.24, 2.45) is 7.05 Å². The summed E-state index contributed by atoms with van der Waals surface area (Å²) in [6.45, 7) is 3.42. The molecule has 0 aliphatic carbocycles. The van der Waals surface area contributed by atoms with Crippen LogP contribution >= 0.6 is 0 Å². The molecule has 2 aromatic rings. The first-order chi connectivity index (χ1) is 8.63. The minimum atomic E-state index is -0.612. The van der Waals surface area contributed by atoms with Crippen LogP contribution in [0, 0.1) is 0 Å². The molecule has 0 aliphatic heterocycles. The average molecular weight is 251 g/mol. The third-order valence-corrected chi connectivity index (χ3v) is 2.76. The highest BCUT2D eigenvalue weighted by atomic mass is 16.3. The van der Waals surface area contributed by atoms with E-state index in [-0.39, 0.29) is 12.1 Å². The molecule has 7 nitrogen and oxygen atoms in total. The van der Waals surface area contributed by atoms with E-state index < -0.39 is 6.10 Å². The lowest BCUT2D eigenvalue weighted by molar-refractivity contribution is 0.150. The topological polar surface area (TPSA) is 85.0 Å². The van der Waals surface area contributed by atoms with Gasteiger partial charge in [-0.15, -0.1) is 0 Å². The number of fused-ring (bicyclic) bond motifs is 1. The fourth-order valence-electron chi connectivity index (χ4n) is 1.80. The zero-order chi connectivity index (χ0) is 13.1. The first kappa shape index (κ1) is 12.7. The molecule has 0 aromatic carbocycles. The molecule has 0 aliphatic rings. The fourth-order valence-corrected chi connectivity index (χ4v) is 1.80. The Labute approximate surface area is 104 Å². The summed E-state index contributed by atoms with van der Waals surface area (Å²) in [5.41, 5.74) is 0.376. The van der Waals surface area contributed by atoms with Crippen molar-refractivity contribution in [1.29, 1.82) is 0 Å². The maximum atomic E-state index is 12.1. The SMILES string of the molecule is CCNCC(O)Cn1cnc2c(cnn2C)c1=O. The largest absolute Gasteiger partial charge is 0.390 e. The molecule has 98 valence electrons. The number of aliphatic hydroxyl groups excluding tert-OH is 1. The van der Waals surface area contributed by atoms with E-state index in [4.69, 9.17) is 0 Å². The van der Waals surface area contributed by atoms with Crippen molar-refractivity contribution in [1.82, 2.24) is 24.6 Å². The molecule has 0 radical (unpaired) electrons. The van der Waals surface area contributed by atoms with Crippen molar-refractivity contribution in [2.45, 2.75) is 19.6 Å². The molecule has 0 bridgehead atoms. The Balaban J connectivity index is 2.24. The van der Waals surface area contributed by atoms with E-state index in [1.807, 2.05) is 6.92 Å². The van der Waals surface area contributed by atoms with E-state index in [1.165, 1.54) is 17.1 Å². The van der Waals surface area contributed by atoms with Crippen LogP contribution in [0.3, 0.4) is 0 Å². The van der Waals surface area contributed by atoms with Crippen LogP contribution in [0.15, 0.2) is 17.3 Å². The molecule has 18 heavy (non-hydrogen) atoms. The van der Waals surface area contributed by atoms with E-state index in [0.29, 0.717) is 17.6 Å². The maximum Gasteiger partial charge on any atom is 0.264 e. The van der Waals surface area contributed by atoms with Crippen molar-refractivity contribution in [3.63, 3.8) is 0 Å². The summed E-state index contributed by atoms with van der Waals surface area (Å²) in [4.78, 5) is 16.3. The van der Waals surface area contributed by atoms with Gasteiger partial charge in [0.25, 0.3) is 5.56 Å². The van der Waals surface area contributed by atoms with Crippen molar-refractivity contribution in [3.8, 4) is 0 Å². The summed E-state index contributed by atoms with van der Waals surface area (Å²) in [7, 11) is 1.74. The quantitative estimate of drug-likeness (QED) is 0.719. The molecule has 1 unspecified atom stereocenters. The normalized spacial score (nSPS) is 13.1. The van der Waals surface area contributed by atoms with Gasteiger partial charge in [0.05, 0.1) is 18.8 Å². The lowest BCUT2D eigenvalue weighted by Gasteiger charge is -2.12. The Hall–Kier alpha value is -1.73. The predicted molar refractivity (Wildman–Crippen MR) is 67.3 cm³/mol. The van der Waals surface area contributed by atoms with E-state index in [0.717, 1.165) is 6.54 Å². The summed E-state index contributed by atoms with van der Waals surface area (Å²) in [6, 6.07) is 0. The van der Waals surface area contributed by atoms with Crippen LogP contribution in [-0.4, -0.2) is 43.6 Å². The monoisotopic (exact) mass is 251 g/mol. The van der Waals surface area contributed by atoms with Crippen molar-refractivity contribution in [3.05, 3.63) is 22.9 Å². The Morgan fingerprint density at radius 2 is 2.33 bits per heavy atom. The highest BCUT2D eigenvalue weighted by Crippen LogP contribution is 2.03. The molecule has 2 rings (SSSR count). The highest BCUT2D eigenvalue weighted by Gasteiger charge is 2.10. The molecule has 2 N–H and O–H groups in total. The Bertz CT molecular complexity index is 589. The molecule has 0 fully saturated rings. The van der Waals surface area contributed by atoms with Gasteiger partial charge in [0.1, 0.15) is 11.7 Å². The van der Waals surface area contributed by atoms with Gasteiger partial charge in [-0.3, -0.25) is 14.0 Å². The van der Waals surface area contributed by atoms with Crippen LogP contribution in [0.25, 0.3) is 11.0 Å². The number of aliphatic hydroxyl groups is 1. The van der Waals surface area contributed by atoms with E-state index in [9.17, 15) is 9.90 Å². The molecule has 0 amide bonds. The summed E-state index contributed by atoms with van der Waals surface area (Å²) in [5.74, 6) is 0. The van der Waals surface area contributed by atoms with Gasteiger partial charge < -0.3 is 10.4 Å². The lowest BCUT2D eigenvalue weighted by atomic mass is 10.3. The molecule has 0 saturated heterocycles. The van der Waals surface area contributed by atoms with Crippen molar-refractivity contribution < 1.29 is 5.11 Å². The van der Waals surface area contributed by atoms with Crippen LogP contribution in [0.2, 0.25) is 0 Å². The maximum absolute atomic E-state index is 12.1. The third kappa shape index (κ3) is 2.41. The number of nitrogens with zero attached hydrogens (tertiary/aromatic N) is 4. The molecule has 2 aromatic heterocycles. The molecule has 0 saturated carbocycles. The predicted octanol–water partition coefficient (Wildman–Crippen LogP) is -0.900. The second-order valence-corrected chi connectivity index (χ2v) is 4.17. The fraction of sp³-hybridized carbons (Fsp3) is 0.545. The number of aryl methyl sites for hydroxylation is 1. The number of nitrogens with one attached hydrogen (secondary N) is 1. The number of likely N-dealkylation sites (N-methyl/N-ethyl adjacent to an activating group) is 1. The van der Waals surface area contributed by atoms with Gasteiger partial charge in [-0.1, -0.05) is 6.92 Å². The van der Waals surface area contributed by atoms with E-state index in [1.54, 1.807) is 11.7 Å². The molecule has 2 heterocycles. The molecule has 1 atom stereocenters. The van der Waals surface area contributed by atoms with Crippen LogP contribution in [0.4, 0.5) is 0 Å². The number of hydrogen-bond donors (Lipinski definition) is 2. The van der Waals surface area contributed by atoms with Crippen LogP contribution < -0.4 is 10.9 Å². The smallest absolute Gasteiger partial charge is 0.264 e. The van der Waals surface area contributed by atoms with Gasteiger partial charge in [-0.05, 0) is 6.54 Å². The van der Waals surface area contributed by atoms with Gasteiger partial charge in [-0.2, -0.15) is 5.10 Å². The number of rotatable bonds is 5. The van der Waals surface area contributed by atoms with Crippen LogP contribution in [0.1, 0.15) is 6.92 Å². The summed E-state index contributed by atoms with van der Waals surface area (Å²) in [5, 5.41) is 17.3. The second kappa shape index (κ2) is 5.28. The Morgan fingerprint density at radius 3 is 3.06 bits per heavy atom. The van der Waals surface area contributed by atoms with Gasteiger partial charge >= 0.3 is 0 Å². The molecule has 7 heteroatoms. The molecule has 0 spiro atoms. The van der Waals surface area contributed by atoms with Gasteiger partial charge in [-0.25, -0.2) is 4.98 Å². The summed E-state index contributed by atoms with van der Waals surface area (Å²) >= 11 is 0. The van der Waals surface area contributed by atoms with Gasteiger partial charge in [0.2, 0.25) is 0 Å². The highest BCUT2D eigenvalue weighted by molar-refractivity contribution is 5.72. The minimum absolute atomic E-state index is 0.177. The molecular formula is C11H17N5O2. The van der Waals surface area contributed by atoms with E-state index >= 15 is 0 Å². The van der Waals surface area contributed by atoms with Crippen LogP contribution in [-0.2, 0) is 13.6 Å². The number of aromatic nitrogens is 4. The zero-order valence-corrected chi connectivity index (χ0v) is 10.5. The zero-order valence-electron chi connectivity index (χ0n) is 10.5. The number of hydrogen-bond acceptors (Lipinski definition) is 5. The first-order valence-corrected chi connectivity index (χ1v) is 5.89. The van der Waals surface area contributed by atoms with Gasteiger partial charge in [0, 0.05) is 13.6 Å². The van der Waals surface area contributed by atoms with Crippen molar-refractivity contribution in [2.75, 3.05) is 13.1 Å². The average Bonchev–Trinajstić information content (AvgIpc) is 2.73. The first-order valence-electron chi connectivity index (χ1n) is 5.89. The third-order valence-electron chi connectivity index (χ3n) is 2.76. The standard InChI is InChI=1S/C11H17N5O2/c1-3-12-4-8(17)6-16-7-13-10-9(11(16)18)5-14-15(10)2/h5,7-8,12,17H,3-4,6H2,1-2H3. The molecular weight excluding hydrogens is 234 g/mol. The summed E-state index contributed by atoms with van der Waals surface area (Å²) in [6.07, 6.45) is 2.33. The minimum Gasteiger partial charge on any atom is -0.390 e. The summed E-state index contributed by atoms with van der Waals surface area (Å²) < 4.78 is 2.96. The Morgan fingerprint density at radius 1 is 1.56 bits per heavy atom. The Kier molecular flexibility index (Phi) is 3.73. The van der Waals surface area contributed by atoms with Gasteiger partial charge in [0.15, 0.2) is 5.65 Å². The van der Waals surface area contributed by atoms with Crippen LogP contribution in [0.5, 0.6) is 0 Å². The second-order valence-electron chi connectivity index (χ2n) is 4.17.